The molecule has 3 N–H and O–H groups in total. The van der Waals surface area contributed by atoms with Crippen molar-refractivity contribution in [3.63, 3.8) is 0 Å². The average molecular weight is 172 g/mol. The zero-order chi connectivity index (χ0) is 9.14. The van der Waals surface area contributed by atoms with Gasteiger partial charge in [-0.1, -0.05) is 6.92 Å². The molecule has 3 heteroatoms. The Balaban J connectivity index is 2.30. The number of rotatable bonds is 2. The highest BCUT2D eigenvalue weighted by Crippen LogP contribution is 2.14. The highest BCUT2D eigenvalue weighted by atomic mass is 16.3. The summed E-state index contributed by atoms with van der Waals surface area (Å²) >= 11 is 0. The van der Waals surface area contributed by atoms with E-state index in [4.69, 9.17) is 5.73 Å². The molecule has 1 aliphatic heterocycles. The fourth-order valence-corrected chi connectivity index (χ4v) is 1.79. The first-order valence-corrected chi connectivity index (χ1v) is 4.75. The molecule has 0 aromatic rings. The van der Waals surface area contributed by atoms with Crippen LogP contribution in [0.1, 0.15) is 20.3 Å². The second-order valence-electron chi connectivity index (χ2n) is 4.04. The van der Waals surface area contributed by atoms with Crippen LogP contribution in [0.15, 0.2) is 0 Å². The van der Waals surface area contributed by atoms with Crippen LogP contribution >= 0.6 is 0 Å². The van der Waals surface area contributed by atoms with E-state index >= 15 is 0 Å². The standard InChI is InChI=1S/C9H20N2O/c1-7-5-11(6-8(2)12)4-3-9(7)10/h7-9,12H,3-6,10H2,1-2H3/t7?,8-,9?/m1/s1. The van der Waals surface area contributed by atoms with E-state index in [0.717, 1.165) is 26.1 Å². The third-order valence-electron chi connectivity index (χ3n) is 2.58. The van der Waals surface area contributed by atoms with E-state index in [-0.39, 0.29) is 6.10 Å². The maximum absolute atomic E-state index is 9.18. The van der Waals surface area contributed by atoms with Gasteiger partial charge in [0.05, 0.1) is 6.10 Å². The molecule has 72 valence electrons. The van der Waals surface area contributed by atoms with Crippen LogP contribution in [0.2, 0.25) is 0 Å². The molecule has 1 heterocycles. The summed E-state index contributed by atoms with van der Waals surface area (Å²) in [7, 11) is 0. The lowest BCUT2D eigenvalue weighted by atomic mass is 9.95. The van der Waals surface area contributed by atoms with Crippen molar-refractivity contribution < 1.29 is 5.11 Å². The van der Waals surface area contributed by atoms with E-state index in [0.29, 0.717) is 12.0 Å². The first-order valence-electron chi connectivity index (χ1n) is 4.75. The molecule has 0 saturated carbocycles. The van der Waals surface area contributed by atoms with Gasteiger partial charge in [-0.05, 0) is 25.8 Å². The molecule has 0 aromatic carbocycles. The van der Waals surface area contributed by atoms with Gasteiger partial charge in [-0.15, -0.1) is 0 Å². The van der Waals surface area contributed by atoms with E-state index in [2.05, 4.69) is 11.8 Å². The number of aliphatic hydroxyl groups is 1. The maximum atomic E-state index is 9.18. The van der Waals surface area contributed by atoms with E-state index in [1.165, 1.54) is 0 Å². The Labute approximate surface area is 74.5 Å². The van der Waals surface area contributed by atoms with Gasteiger partial charge in [0.15, 0.2) is 0 Å². The van der Waals surface area contributed by atoms with Crippen LogP contribution in [0.5, 0.6) is 0 Å². The Bertz CT molecular complexity index is 138. The second kappa shape index (κ2) is 4.21. The van der Waals surface area contributed by atoms with Crippen molar-refractivity contribution in [1.82, 2.24) is 4.90 Å². The SMILES string of the molecule is CC1CN(C[C@@H](C)O)CCC1N. The van der Waals surface area contributed by atoms with Crippen molar-refractivity contribution in [1.29, 1.82) is 0 Å². The van der Waals surface area contributed by atoms with Crippen molar-refractivity contribution in [2.24, 2.45) is 11.7 Å². The third kappa shape index (κ3) is 2.73. The molecule has 0 spiro atoms. The number of nitrogens with zero attached hydrogens (tertiary/aromatic N) is 1. The van der Waals surface area contributed by atoms with Gasteiger partial charge in [0.2, 0.25) is 0 Å². The lowest BCUT2D eigenvalue weighted by Gasteiger charge is -2.35. The molecule has 1 saturated heterocycles. The minimum atomic E-state index is -0.216. The van der Waals surface area contributed by atoms with Gasteiger partial charge in [-0.2, -0.15) is 0 Å². The summed E-state index contributed by atoms with van der Waals surface area (Å²) in [6.45, 7) is 6.87. The van der Waals surface area contributed by atoms with Crippen LogP contribution in [0.3, 0.4) is 0 Å². The number of hydrogen-bond donors (Lipinski definition) is 2. The third-order valence-corrected chi connectivity index (χ3v) is 2.58. The molecule has 1 fully saturated rings. The number of nitrogens with two attached hydrogens (primary N) is 1. The summed E-state index contributed by atoms with van der Waals surface area (Å²) in [5.41, 5.74) is 5.88. The Hall–Kier alpha value is -0.120. The molecule has 1 aliphatic rings. The summed E-state index contributed by atoms with van der Waals surface area (Å²) in [5, 5.41) is 9.18. The normalized spacial score (nSPS) is 35.0. The van der Waals surface area contributed by atoms with Gasteiger partial charge < -0.3 is 15.7 Å². The number of likely N-dealkylation sites (tertiary alicyclic amines) is 1. The van der Waals surface area contributed by atoms with Crippen LogP contribution in [0.4, 0.5) is 0 Å². The quantitative estimate of drug-likeness (QED) is 0.618. The number of aliphatic hydroxyl groups excluding tert-OH is 1. The van der Waals surface area contributed by atoms with E-state index < -0.39 is 0 Å². The number of piperidine rings is 1. The first kappa shape index (κ1) is 9.96. The predicted octanol–water partition coefficient (Wildman–Crippen LogP) is 0.0363. The van der Waals surface area contributed by atoms with Gasteiger partial charge in [0.25, 0.3) is 0 Å². The summed E-state index contributed by atoms with van der Waals surface area (Å²) in [6.07, 6.45) is 0.847. The average Bonchev–Trinajstić information content (AvgIpc) is 1.96. The van der Waals surface area contributed by atoms with Crippen molar-refractivity contribution in [2.75, 3.05) is 19.6 Å². The van der Waals surface area contributed by atoms with Crippen LogP contribution in [0, 0.1) is 5.92 Å². The van der Waals surface area contributed by atoms with E-state index in [1.807, 2.05) is 6.92 Å². The predicted molar refractivity (Wildman–Crippen MR) is 49.9 cm³/mol. The molecule has 1 rings (SSSR count). The van der Waals surface area contributed by atoms with Crippen molar-refractivity contribution in [3.8, 4) is 0 Å². The maximum Gasteiger partial charge on any atom is 0.0639 e. The zero-order valence-corrected chi connectivity index (χ0v) is 8.03. The molecule has 0 bridgehead atoms. The fourth-order valence-electron chi connectivity index (χ4n) is 1.79. The minimum absolute atomic E-state index is 0.216. The molecule has 0 aliphatic carbocycles. The fraction of sp³-hybridized carbons (Fsp3) is 1.00. The van der Waals surface area contributed by atoms with Gasteiger partial charge in [-0.3, -0.25) is 0 Å². The number of β-amino-alcohol motifs (C(OH)–C–C–N with tert-alkyl or cyclic N) is 1. The smallest absolute Gasteiger partial charge is 0.0639 e. The molecule has 3 nitrogen and oxygen atoms in total. The van der Waals surface area contributed by atoms with Crippen molar-refractivity contribution >= 4 is 0 Å². The Kier molecular flexibility index (Phi) is 3.50. The highest BCUT2D eigenvalue weighted by Gasteiger charge is 2.23. The lowest BCUT2D eigenvalue weighted by molar-refractivity contribution is 0.0911. The van der Waals surface area contributed by atoms with Gasteiger partial charge in [-0.25, -0.2) is 0 Å². The minimum Gasteiger partial charge on any atom is -0.392 e. The van der Waals surface area contributed by atoms with Crippen LogP contribution < -0.4 is 5.73 Å². The largest absolute Gasteiger partial charge is 0.392 e. The highest BCUT2D eigenvalue weighted by molar-refractivity contribution is 4.80. The van der Waals surface area contributed by atoms with E-state index in [1.54, 1.807) is 0 Å². The Morgan fingerprint density at radius 3 is 2.83 bits per heavy atom. The molecular weight excluding hydrogens is 152 g/mol. The molecular formula is C9H20N2O. The summed E-state index contributed by atoms with van der Waals surface area (Å²) in [5.74, 6) is 0.567. The van der Waals surface area contributed by atoms with Crippen LogP contribution in [-0.2, 0) is 0 Å². The Morgan fingerprint density at radius 2 is 2.33 bits per heavy atom. The van der Waals surface area contributed by atoms with E-state index in [9.17, 15) is 5.11 Å². The topological polar surface area (TPSA) is 49.5 Å². The molecule has 3 atom stereocenters. The van der Waals surface area contributed by atoms with Gasteiger partial charge in [0, 0.05) is 19.1 Å². The molecule has 0 aromatic heterocycles. The molecule has 2 unspecified atom stereocenters. The van der Waals surface area contributed by atoms with Crippen molar-refractivity contribution in [2.45, 2.75) is 32.4 Å². The Morgan fingerprint density at radius 1 is 1.67 bits per heavy atom. The first-order chi connectivity index (χ1) is 5.59. The summed E-state index contributed by atoms with van der Waals surface area (Å²) in [4.78, 5) is 2.29. The number of hydrogen-bond acceptors (Lipinski definition) is 3. The van der Waals surface area contributed by atoms with Crippen LogP contribution in [-0.4, -0.2) is 41.8 Å². The van der Waals surface area contributed by atoms with Gasteiger partial charge in [0.1, 0.15) is 0 Å². The van der Waals surface area contributed by atoms with Gasteiger partial charge >= 0.3 is 0 Å². The lowest BCUT2D eigenvalue weighted by Crippen LogP contribution is -2.47. The molecule has 0 amide bonds. The zero-order valence-electron chi connectivity index (χ0n) is 8.03. The second-order valence-corrected chi connectivity index (χ2v) is 4.04. The monoisotopic (exact) mass is 172 g/mol. The summed E-state index contributed by atoms with van der Waals surface area (Å²) < 4.78 is 0. The molecule has 12 heavy (non-hydrogen) atoms. The summed E-state index contributed by atoms with van der Waals surface area (Å²) in [6, 6.07) is 0.357. The molecule has 0 radical (unpaired) electrons. The van der Waals surface area contributed by atoms with Crippen LogP contribution in [0.25, 0.3) is 0 Å². The van der Waals surface area contributed by atoms with Crippen molar-refractivity contribution in [3.05, 3.63) is 0 Å².